The fourth-order valence-corrected chi connectivity index (χ4v) is 8.03. The van der Waals surface area contributed by atoms with Gasteiger partial charge in [-0.15, -0.1) is 0 Å². The van der Waals surface area contributed by atoms with E-state index in [1.54, 1.807) is 28.6 Å². The first-order valence-electron chi connectivity index (χ1n) is 14.0. The van der Waals surface area contributed by atoms with Gasteiger partial charge in [-0.3, -0.25) is 0 Å². The van der Waals surface area contributed by atoms with E-state index in [1.807, 2.05) is 43.5 Å². The van der Waals surface area contributed by atoms with E-state index < -0.39 is 15.8 Å². The average molecular weight is 563 g/mol. The highest BCUT2D eigenvalue weighted by Crippen LogP contribution is 2.45. The second kappa shape index (κ2) is 11.7. The minimum absolute atomic E-state index is 0.103. The van der Waals surface area contributed by atoms with Gasteiger partial charge in [0.05, 0.1) is 5.69 Å². The average Bonchev–Trinajstić information content (AvgIpc) is 3.31. The van der Waals surface area contributed by atoms with Crippen LogP contribution in [0.4, 0.5) is 8.78 Å². The van der Waals surface area contributed by atoms with Gasteiger partial charge in [-0.05, 0) is 91.1 Å². The van der Waals surface area contributed by atoms with E-state index in [9.17, 15) is 17.2 Å². The standard InChI is InChI=1S/C33H36F2N2O2S/c1-4-37-31(23(2)3)33(40(38,39)36-20-18-25(19-21-36)22-24-8-6-5-7-9-24)30(26-10-14-28(34)15-11-26)32(37)27-12-16-29(35)17-13-27/h5-17,23,25H,4,18-22H2,1-3H3. The molecule has 0 radical (unpaired) electrons. The largest absolute Gasteiger partial charge is 0.343 e. The number of nitrogens with zero attached hydrogens (tertiary/aromatic N) is 2. The highest BCUT2D eigenvalue weighted by Gasteiger charge is 2.38. The summed E-state index contributed by atoms with van der Waals surface area (Å²) in [4.78, 5) is 0.275. The molecule has 1 aliphatic heterocycles. The highest BCUT2D eigenvalue weighted by molar-refractivity contribution is 7.89. The zero-order valence-corrected chi connectivity index (χ0v) is 24.1. The second-order valence-corrected chi connectivity index (χ2v) is 12.8. The summed E-state index contributed by atoms with van der Waals surface area (Å²) in [6.45, 7) is 7.40. The van der Waals surface area contributed by atoms with Crippen molar-refractivity contribution in [1.82, 2.24) is 8.87 Å². The molecular weight excluding hydrogens is 526 g/mol. The lowest BCUT2D eigenvalue weighted by atomic mass is 9.91. The van der Waals surface area contributed by atoms with Crippen LogP contribution < -0.4 is 0 Å². The molecule has 2 heterocycles. The first kappa shape index (κ1) is 28.2. The van der Waals surface area contributed by atoms with Crippen molar-refractivity contribution in [2.75, 3.05) is 13.1 Å². The molecule has 5 rings (SSSR count). The smallest absolute Gasteiger partial charge is 0.245 e. The van der Waals surface area contributed by atoms with Crippen molar-refractivity contribution in [3.8, 4) is 22.4 Å². The minimum Gasteiger partial charge on any atom is -0.343 e. The number of hydrogen-bond acceptors (Lipinski definition) is 2. The SMILES string of the molecule is CCn1c(-c2ccc(F)cc2)c(-c2ccc(F)cc2)c(S(=O)(=O)N2CCC(Cc3ccccc3)CC2)c1C(C)C. The zero-order chi connectivity index (χ0) is 28.4. The molecule has 0 aliphatic carbocycles. The molecular formula is C33H36F2N2O2S. The number of benzene rings is 3. The maximum absolute atomic E-state index is 14.6. The lowest BCUT2D eigenvalue weighted by Crippen LogP contribution is -2.39. The fourth-order valence-electron chi connectivity index (χ4n) is 6.00. The molecule has 0 amide bonds. The van der Waals surface area contributed by atoms with Gasteiger partial charge in [0, 0.05) is 30.9 Å². The van der Waals surface area contributed by atoms with Gasteiger partial charge >= 0.3 is 0 Å². The van der Waals surface area contributed by atoms with E-state index in [0.717, 1.165) is 19.3 Å². The van der Waals surface area contributed by atoms with E-state index in [1.165, 1.54) is 29.8 Å². The van der Waals surface area contributed by atoms with Crippen molar-refractivity contribution in [2.24, 2.45) is 5.92 Å². The molecule has 4 nitrogen and oxygen atoms in total. The Hall–Kier alpha value is -3.29. The molecule has 40 heavy (non-hydrogen) atoms. The summed E-state index contributed by atoms with van der Waals surface area (Å²) in [6, 6.07) is 22.4. The molecule has 1 aromatic heterocycles. The first-order valence-corrected chi connectivity index (χ1v) is 15.5. The number of piperidine rings is 1. The number of rotatable bonds is 8. The van der Waals surface area contributed by atoms with Crippen molar-refractivity contribution >= 4 is 10.0 Å². The summed E-state index contributed by atoms with van der Waals surface area (Å²) in [6.07, 6.45) is 2.51. The molecule has 1 fully saturated rings. The van der Waals surface area contributed by atoms with E-state index >= 15 is 0 Å². The van der Waals surface area contributed by atoms with Crippen molar-refractivity contribution in [2.45, 2.75) is 57.4 Å². The van der Waals surface area contributed by atoms with Crippen LogP contribution in [0.15, 0.2) is 83.8 Å². The Labute approximate surface area is 236 Å². The van der Waals surface area contributed by atoms with Crippen LogP contribution in [0.3, 0.4) is 0 Å². The first-order chi connectivity index (χ1) is 19.2. The molecule has 1 saturated heterocycles. The molecule has 210 valence electrons. The lowest BCUT2D eigenvalue weighted by molar-refractivity contribution is 0.272. The van der Waals surface area contributed by atoms with Crippen LogP contribution in [0.25, 0.3) is 22.4 Å². The summed E-state index contributed by atoms with van der Waals surface area (Å²) in [5.74, 6) is -0.438. The zero-order valence-electron chi connectivity index (χ0n) is 23.3. The van der Waals surface area contributed by atoms with E-state index in [-0.39, 0.29) is 16.6 Å². The van der Waals surface area contributed by atoms with Gasteiger partial charge in [0.2, 0.25) is 10.0 Å². The van der Waals surface area contributed by atoms with Crippen LogP contribution in [-0.4, -0.2) is 30.4 Å². The van der Waals surface area contributed by atoms with Crippen LogP contribution in [0.1, 0.15) is 50.8 Å². The monoisotopic (exact) mass is 562 g/mol. The third-order valence-corrected chi connectivity index (χ3v) is 9.88. The van der Waals surface area contributed by atoms with E-state index in [4.69, 9.17) is 0 Å². The molecule has 0 spiro atoms. The quantitative estimate of drug-likeness (QED) is 0.219. The maximum atomic E-state index is 14.6. The fraction of sp³-hybridized carbons (Fsp3) is 0.333. The molecule has 0 N–H and O–H groups in total. The predicted molar refractivity (Wildman–Crippen MR) is 157 cm³/mol. The Balaban J connectivity index is 1.63. The molecule has 4 aromatic rings. The van der Waals surface area contributed by atoms with E-state index in [0.29, 0.717) is 53.6 Å². The molecule has 0 saturated carbocycles. The Morgan fingerprint density at radius 2 is 1.38 bits per heavy atom. The topological polar surface area (TPSA) is 42.3 Å². The molecule has 0 unspecified atom stereocenters. The summed E-state index contributed by atoms with van der Waals surface area (Å²) in [5, 5.41) is 0. The molecule has 3 aromatic carbocycles. The third-order valence-electron chi connectivity index (χ3n) is 7.91. The van der Waals surface area contributed by atoms with Gasteiger partial charge in [0.25, 0.3) is 0 Å². The van der Waals surface area contributed by atoms with Crippen molar-refractivity contribution < 1.29 is 17.2 Å². The number of hydrogen-bond donors (Lipinski definition) is 0. The van der Waals surface area contributed by atoms with Gasteiger partial charge in [0.1, 0.15) is 16.5 Å². The number of sulfonamides is 1. The van der Waals surface area contributed by atoms with Gasteiger partial charge in [-0.25, -0.2) is 17.2 Å². The van der Waals surface area contributed by atoms with Gasteiger partial charge in [0.15, 0.2) is 0 Å². The van der Waals surface area contributed by atoms with Crippen LogP contribution in [0.2, 0.25) is 0 Å². The Morgan fingerprint density at radius 3 is 1.90 bits per heavy atom. The summed E-state index contributed by atoms with van der Waals surface area (Å²) < 4.78 is 60.7. The molecule has 0 atom stereocenters. The Kier molecular flexibility index (Phi) is 8.24. The summed E-state index contributed by atoms with van der Waals surface area (Å²) >= 11 is 0. The maximum Gasteiger partial charge on any atom is 0.245 e. The van der Waals surface area contributed by atoms with Crippen molar-refractivity contribution in [3.05, 3.63) is 102 Å². The Morgan fingerprint density at radius 1 is 0.825 bits per heavy atom. The number of halogens is 2. The minimum atomic E-state index is -3.91. The van der Waals surface area contributed by atoms with Gasteiger partial charge in [-0.1, -0.05) is 56.3 Å². The van der Waals surface area contributed by atoms with Gasteiger partial charge in [-0.2, -0.15) is 4.31 Å². The molecule has 0 bridgehead atoms. The predicted octanol–water partition coefficient (Wildman–Crippen LogP) is 7.89. The lowest BCUT2D eigenvalue weighted by Gasteiger charge is -2.32. The third kappa shape index (κ3) is 5.50. The van der Waals surface area contributed by atoms with E-state index in [2.05, 4.69) is 12.1 Å². The summed E-state index contributed by atoms with van der Waals surface area (Å²) in [7, 11) is -3.91. The molecule has 7 heteroatoms. The number of aromatic nitrogens is 1. The van der Waals surface area contributed by atoms with Crippen LogP contribution in [-0.2, 0) is 23.0 Å². The van der Waals surface area contributed by atoms with Crippen molar-refractivity contribution in [3.63, 3.8) is 0 Å². The van der Waals surface area contributed by atoms with Crippen LogP contribution in [0, 0.1) is 17.6 Å². The Bertz CT molecular complexity index is 1550. The highest BCUT2D eigenvalue weighted by atomic mass is 32.2. The summed E-state index contributed by atoms with van der Waals surface area (Å²) in [5.41, 5.74) is 4.57. The van der Waals surface area contributed by atoms with Crippen molar-refractivity contribution in [1.29, 1.82) is 0 Å². The van der Waals surface area contributed by atoms with Gasteiger partial charge < -0.3 is 4.57 Å². The molecule has 1 aliphatic rings. The normalized spacial score (nSPS) is 15.2. The van der Waals surface area contributed by atoms with Crippen LogP contribution >= 0.6 is 0 Å². The second-order valence-electron chi connectivity index (χ2n) is 10.9. The van der Waals surface area contributed by atoms with Crippen LogP contribution in [0.5, 0.6) is 0 Å².